The van der Waals surface area contributed by atoms with Crippen LogP contribution in [0, 0.1) is 11.3 Å². The Balaban J connectivity index is 2.22. The van der Waals surface area contributed by atoms with Crippen LogP contribution >= 0.6 is 0 Å². The van der Waals surface area contributed by atoms with Crippen molar-refractivity contribution >= 4 is 5.69 Å². The Morgan fingerprint density at radius 2 is 2.26 bits per heavy atom. The molecule has 0 amide bonds. The van der Waals surface area contributed by atoms with E-state index in [-0.39, 0.29) is 6.04 Å². The van der Waals surface area contributed by atoms with Crippen LogP contribution in [0.3, 0.4) is 0 Å². The van der Waals surface area contributed by atoms with Crippen molar-refractivity contribution in [2.24, 2.45) is 0 Å². The summed E-state index contributed by atoms with van der Waals surface area (Å²) in [5.41, 5.74) is 1.02. The SMILES string of the molecule is COc1ccc(OC)c(N2CCNC(CC#N)C2)c1. The molecule has 102 valence electrons. The molecule has 5 nitrogen and oxygen atoms in total. The number of nitriles is 1. The molecule has 1 aromatic carbocycles. The molecule has 0 aromatic heterocycles. The van der Waals surface area contributed by atoms with Crippen molar-refractivity contribution in [3.8, 4) is 17.6 Å². The molecule has 0 aliphatic carbocycles. The number of nitrogens with zero attached hydrogens (tertiary/aromatic N) is 2. The molecule has 0 radical (unpaired) electrons. The van der Waals surface area contributed by atoms with Gasteiger partial charge in [0, 0.05) is 31.7 Å². The van der Waals surface area contributed by atoms with Crippen molar-refractivity contribution < 1.29 is 9.47 Å². The van der Waals surface area contributed by atoms with Gasteiger partial charge in [-0.05, 0) is 12.1 Å². The van der Waals surface area contributed by atoms with Crippen LogP contribution in [0.4, 0.5) is 5.69 Å². The Morgan fingerprint density at radius 1 is 1.42 bits per heavy atom. The Hall–Kier alpha value is -1.93. The fourth-order valence-corrected chi connectivity index (χ4v) is 2.34. The van der Waals surface area contributed by atoms with E-state index in [1.807, 2.05) is 18.2 Å². The van der Waals surface area contributed by atoms with Crippen LogP contribution in [0.2, 0.25) is 0 Å². The van der Waals surface area contributed by atoms with Crippen LogP contribution in [0.1, 0.15) is 6.42 Å². The molecular formula is C14H19N3O2. The van der Waals surface area contributed by atoms with Crippen molar-refractivity contribution in [3.05, 3.63) is 18.2 Å². The molecule has 1 saturated heterocycles. The highest BCUT2D eigenvalue weighted by atomic mass is 16.5. The molecule has 0 bridgehead atoms. The fourth-order valence-electron chi connectivity index (χ4n) is 2.34. The first-order chi connectivity index (χ1) is 9.28. The third kappa shape index (κ3) is 3.09. The van der Waals surface area contributed by atoms with E-state index in [0.29, 0.717) is 6.42 Å². The summed E-state index contributed by atoms with van der Waals surface area (Å²) in [6.45, 7) is 2.56. The fraction of sp³-hybridized carbons (Fsp3) is 0.500. The van der Waals surface area contributed by atoms with E-state index in [1.165, 1.54) is 0 Å². The summed E-state index contributed by atoms with van der Waals surface area (Å²) in [5, 5.41) is 12.2. The smallest absolute Gasteiger partial charge is 0.142 e. The number of rotatable bonds is 4. The molecule has 1 aliphatic rings. The van der Waals surface area contributed by atoms with E-state index in [4.69, 9.17) is 14.7 Å². The number of benzene rings is 1. The Bertz CT molecular complexity index is 470. The zero-order valence-corrected chi connectivity index (χ0v) is 11.3. The summed E-state index contributed by atoms with van der Waals surface area (Å²) in [6, 6.07) is 8.20. The molecule has 1 aromatic rings. The maximum absolute atomic E-state index is 8.81. The molecule has 1 fully saturated rings. The lowest BCUT2D eigenvalue weighted by Gasteiger charge is -2.35. The van der Waals surface area contributed by atoms with E-state index in [2.05, 4.69) is 16.3 Å². The zero-order chi connectivity index (χ0) is 13.7. The van der Waals surface area contributed by atoms with Gasteiger partial charge in [0.05, 0.1) is 32.4 Å². The third-order valence-electron chi connectivity index (χ3n) is 3.32. The number of ether oxygens (including phenoxy) is 2. The van der Waals surface area contributed by atoms with Crippen LogP contribution in [0.25, 0.3) is 0 Å². The molecule has 5 heteroatoms. The van der Waals surface area contributed by atoms with Gasteiger partial charge in [0.2, 0.25) is 0 Å². The molecular weight excluding hydrogens is 242 g/mol. The van der Waals surface area contributed by atoms with Gasteiger partial charge in [0.25, 0.3) is 0 Å². The lowest BCUT2D eigenvalue weighted by atomic mass is 10.1. The topological polar surface area (TPSA) is 57.5 Å². The molecule has 19 heavy (non-hydrogen) atoms. The molecule has 1 N–H and O–H groups in total. The van der Waals surface area contributed by atoms with Crippen molar-refractivity contribution in [1.82, 2.24) is 5.32 Å². The van der Waals surface area contributed by atoms with Gasteiger partial charge in [0.15, 0.2) is 0 Å². The lowest BCUT2D eigenvalue weighted by Crippen LogP contribution is -2.50. The maximum atomic E-state index is 8.81. The number of methoxy groups -OCH3 is 2. The van der Waals surface area contributed by atoms with Crippen LogP contribution in [0.5, 0.6) is 11.5 Å². The van der Waals surface area contributed by atoms with Gasteiger partial charge in [0.1, 0.15) is 11.5 Å². The largest absolute Gasteiger partial charge is 0.497 e. The number of hydrogen-bond donors (Lipinski definition) is 1. The van der Waals surface area contributed by atoms with Crippen LogP contribution < -0.4 is 19.7 Å². The van der Waals surface area contributed by atoms with Gasteiger partial charge in [-0.15, -0.1) is 0 Å². The summed E-state index contributed by atoms with van der Waals surface area (Å²) >= 11 is 0. The minimum atomic E-state index is 0.203. The first-order valence-corrected chi connectivity index (χ1v) is 6.35. The summed E-state index contributed by atoms with van der Waals surface area (Å²) < 4.78 is 10.7. The number of nitrogens with one attached hydrogen (secondary N) is 1. The van der Waals surface area contributed by atoms with Crippen molar-refractivity contribution in [2.75, 3.05) is 38.8 Å². The number of hydrogen-bond acceptors (Lipinski definition) is 5. The van der Waals surface area contributed by atoms with Gasteiger partial charge in [-0.25, -0.2) is 0 Å². The van der Waals surface area contributed by atoms with Gasteiger partial charge in [-0.3, -0.25) is 0 Å². The summed E-state index contributed by atoms with van der Waals surface area (Å²) in [7, 11) is 3.32. The molecule has 2 rings (SSSR count). The molecule has 0 spiro atoms. The normalized spacial score (nSPS) is 18.8. The predicted molar refractivity (Wildman–Crippen MR) is 73.8 cm³/mol. The predicted octanol–water partition coefficient (Wildman–Crippen LogP) is 1.40. The molecule has 1 atom stereocenters. The van der Waals surface area contributed by atoms with Crippen LogP contribution in [-0.4, -0.2) is 39.9 Å². The molecule has 1 heterocycles. The van der Waals surface area contributed by atoms with E-state index in [1.54, 1.807) is 14.2 Å². The van der Waals surface area contributed by atoms with Crippen molar-refractivity contribution in [2.45, 2.75) is 12.5 Å². The number of anilines is 1. The molecule has 1 unspecified atom stereocenters. The van der Waals surface area contributed by atoms with E-state index < -0.39 is 0 Å². The Kier molecular flexibility index (Phi) is 4.48. The van der Waals surface area contributed by atoms with Gasteiger partial charge in [-0.2, -0.15) is 5.26 Å². The second kappa shape index (κ2) is 6.30. The first kappa shape index (κ1) is 13.5. The average molecular weight is 261 g/mol. The third-order valence-corrected chi connectivity index (χ3v) is 3.32. The standard InChI is InChI=1S/C14H19N3O2/c1-18-12-3-4-14(19-2)13(9-12)17-8-7-16-11(10-17)5-6-15/h3-4,9,11,16H,5,7-8,10H2,1-2H3. The summed E-state index contributed by atoms with van der Waals surface area (Å²) in [6.07, 6.45) is 0.517. The van der Waals surface area contributed by atoms with Crippen molar-refractivity contribution in [3.63, 3.8) is 0 Å². The molecule has 0 saturated carbocycles. The van der Waals surface area contributed by atoms with Gasteiger partial charge in [-0.1, -0.05) is 0 Å². The minimum absolute atomic E-state index is 0.203. The summed E-state index contributed by atoms with van der Waals surface area (Å²) in [5.74, 6) is 1.64. The van der Waals surface area contributed by atoms with Crippen molar-refractivity contribution in [1.29, 1.82) is 5.26 Å². The van der Waals surface area contributed by atoms with Gasteiger partial charge < -0.3 is 19.7 Å². The zero-order valence-electron chi connectivity index (χ0n) is 11.3. The second-order valence-electron chi connectivity index (χ2n) is 4.50. The summed E-state index contributed by atoms with van der Waals surface area (Å²) in [4.78, 5) is 2.24. The van der Waals surface area contributed by atoms with Crippen LogP contribution in [0.15, 0.2) is 18.2 Å². The van der Waals surface area contributed by atoms with Gasteiger partial charge >= 0.3 is 0 Å². The highest BCUT2D eigenvalue weighted by Crippen LogP contribution is 2.32. The van der Waals surface area contributed by atoms with E-state index in [9.17, 15) is 0 Å². The minimum Gasteiger partial charge on any atom is -0.497 e. The number of piperazine rings is 1. The van der Waals surface area contributed by atoms with Crippen LogP contribution in [-0.2, 0) is 0 Å². The second-order valence-corrected chi connectivity index (χ2v) is 4.50. The first-order valence-electron chi connectivity index (χ1n) is 6.35. The average Bonchev–Trinajstić information content (AvgIpc) is 2.47. The Morgan fingerprint density at radius 3 is 2.95 bits per heavy atom. The van der Waals surface area contributed by atoms with E-state index in [0.717, 1.165) is 36.8 Å². The lowest BCUT2D eigenvalue weighted by molar-refractivity contribution is 0.398. The highest BCUT2D eigenvalue weighted by Gasteiger charge is 2.21. The molecule has 1 aliphatic heterocycles. The quantitative estimate of drug-likeness (QED) is 0.887. The Labute approximate surface area is 113 Å². The highest BCUT2D eigenvalue weighted by molar-refractivity contribution is 5.62. The van der Waals surface area contributed by atoms with E-state index >= 15 is 0 Å². The maximum Gasteiger partial charge on any atom is 0.142 e. The monoisotopic (exact) mass is 261 g/mol.